The van der Waals surface area contributed by atoms with Crippen LogP contribution in [0.4, 0.5) is 0 Å². The number of aryl methyl sites for hydroxylation is 1. The third kappa shape index (κ3) is 4.08. The lowest BCUT2D eigenvalue weighted by atomic mass is 10.2. The van der Waals surface area contributed by atoms with E-state index < -0.39 is 5.97 Å². The topological polar surface area (TPSA) is 120 Å². The highest BCUT2D eigenvalue weighted by molar-refractivity contribution is 8.13. The SMILES string of the molecule is COC(=O)c1sc2nc(CSC(N)=NC[C@@H]3CCCO3)[nH]c(=O)c2c1C. The largest absolute Gasteiger partial charge is 0.465 e. The van der Waals surface area contributed by atoms with Gasteiger partial charge < -0.3 is 20.2 Å². The summed E-state index contributed by atoms with van der Waals surface area (Å²) in [7, 11) is 1.31. The van der Waals surface area contributed by atoms with Crippen molar-refractivity contribution in [1.29, 1.82) is 0 Å². The second-order valence-corrected chi connectivity index (χ2v) is 7.84. The fourth-order valence-corrected chi connectivity index (χ4v) is 4.42. The van der Waals surface area contributed by atoms with Gasteiger partial charge in [0.05, 0.1) is 30.9 Å². The molecule has 1 aliphatic heterocycles. The van der Waals surface area contributed by atoms with E-state index in [2.05, 4.69) is 15.0 Å². The van der Waals surface area contributed by atoms with E-state index in [9.17, 15) is 9.59 Å². The number of hydrogen-bond donors (Lipinski definition) is 2. The summed E-state index contributed by atoms with van der Waals surface area (Å²) < 4.78 is 10.3. The molecule has 8 nitrogen and oxygen atoms in total. The number of ether oxygens (including phenoxy) is 2. The van der Waals surface area contributed by atoms with Gasteiger partial charge in [0.25, 0.3) is 5.56 Å². The molecule has 1 aliphatic rings. The second-order valence-electron chi connectivity index (χ2n) is 5.84. The van der Waals surface area contributed by atoms with E-state index in [0.717, 1.165) is 30.8 Å². The van der Waals surface area contributed by atoms with E-state index in [1.54, 1.807) is 6.92 Å². The van der Waals surface area contributed by atoms with Crippen molar-refractivity contribution in [1.82, 2.24) is 9.97 Å². The van der Waals surface area contributed by atoms with Gasteiger partial charge >= 0.3 is 5.97 Å². The summed E-state index contributed by atoms with van der Waals surface area (Å²) in [5, 5.41) is 0.852. The molecular formula is C16H20N4O4S2. The summed E-state index contributed by atoms with van der Waals surface area (Å²) in [4.78, 5) is 36.6. The third-order valence-corrected chi connectivity index (χ3v) is 6.06. The number of nitrogens with two attached hydrogens (primary N) is 1. The first-order valence-electron chi connectivity index (χ1n) is 8.14. The van der Waals surface area contributed by atoms with Gasteiger partial charge in [-0.25, -0.2) is 9.78 Å². The van der Waals surface area contributed by atoms with E-state index >= 15 is 0 Å². The molecule has 0 bridgehead atoms. The van der Waals surface area contributed by atoms with Gasteiger partial charge in [-0.05, 0) is 25.3 Å². The normalized spacial score (nSPS) is 17.8. The lowest BCUT2D eigenvalue weighted by Crippen LogP contribution is -2.16. The number of fused-ring (bicyclic) bond motifs is 1. The number of thioether (sulfide) groups is 1. The number of H-pyrrole nitrogens is 1. The molecule has 3 heterocycles. The van der Waals surface area contributed by atoms with Gasteiger partial charge in [0, 0.05) is 6.61 Å². The molecule has 3 rings (SSSR count). The zero-order valence-corrected chi connectivity index (χ0v) is 16.2. The highest BCUT2D eigenvalue weighted by Gasteiger charge is 2.20. The number of hydrogen-bond acceptors (Lipinski definition) is 8. The van der Waals surface area contributed by atoms with Crippen molar-refractivity contribution in [2.45, 2.75) is 31.6 Å². The standard InChI is InChI=1S/C16H20N4O4S2/c1-8-11-13(21)19-10(20-14(11)26-12(8)15(22)23-2)7-25-16(17)18-6-9-4-3-5-24-9/h9H,3-7H2,1-2H3,(H2,17,18)(H,19,20,21)/t9-/m0/s1. The predicted molar refractivity (Wildman–Crippen MR) is 103 cm³/mol. The Kier molecular flexibility index (Phi) is 5.94. The Morgan fingerprint density at radius 2 is 2.38 bits per heavy atom. The van der Waals surface area contributed by atoms with Gasteiger partial charge in [-0.15, -0.1) is 11.3 Å². The molecule has 2 aromatic rings. The maximum atomic E-state index is 12.4. The zero-order chi connectivity index (χ0) is 18.7. The van der Waals surface area contributed by atoms with Crippen LogP contribution in [0.3, 0.4) is 0 Å². The molecule has 1 saturated heterocycles. The van der Waals surface area contributed by atoms with E-state index in [-0.39, 0.29) is 11.7 Å². The fraction of sp³-hybridized carbons (Fsp3) is 0.500. The molecule has 0 amide bonds. The third-order valence-electron chi connectivity index (χ3n) is 4.05. The molecule has 10 heteroatoms. The molecule has 1 fully saturated rings. The molecule has 1 atom stereocenters. The first-order chi connectivity index (χ1) is 12.5. The minimum absolute atomic E-state index is 0.147. The summed E-state index contributed by atoms with van der Waals surface area (Å²) in [5.41, 5.74) is 6.23. The van der Waals surface area contributed by atoms with Crippen molar-refractivity contribution in [3.8, 4) is 0 Å². The summed E-state index contributed by atoms with van der Waals surface area (Å²) in [5.74, 6) is 0.406. The number of carbonyl (C=O) groups is 1. The number of nitrogens with zero attached hydrogens (tertiary/aromatic N) is 2. The number of thiophene rings is 1. The van der Waals surface area contributed by atoms with E-state index in [1.807, 2.05) is 0 Å². The molecule has 2 aromatic heterocycles. The molecule has 3 N–H and O–H groups in total. The Balaban J connectivity index is 1.73. The van der Waals surface area contributed by atoms with Crippen LogP contribution < -0.4 is 11.3 Å². The Labute approximate surface area is 158 Å². The van der Waals surface area contributed by atoms with Gasteiger partial charge in [0.15, 0.2) is 5.17 Å². The van der Waals surface area contributed by atoms with Crippen LogP contribution in [0.5, 0.6) is 0 Å². The average molecular weight is 396 g/mol. The molecule has 0 spiro atoms. The number of aromatic amines is 1. The molecule has 0 radical (unpaired) electrons. The average Bonchev–Trinajstić information content (AvgIpc) is 3.25. The maximum absolute atomic E-state index is 12.4. The Hall–Kier alpha value is -1.91. The number of amidine groups is 1. The first kappa shape index (κ1) is 18.9. The molecule has 0 aliphatic carbocycles. The van der Waals surface area contributed by atoms with Crippen molar-refractivity contribution < 1.29 is 14.3 Å². The van der Waals surface area contributed by atoms with Crippen LogP contribution >= 0.6 is 23.1 Å². The Morgan fingerprint density at radius 1 is 1.58 bits per heavy atom. The van der Waals surface area contributed by atoms with Crippen molar-refractivity contribution in [2.24, 2.45) is 10.7 Å². The molecular weight excluding hydrogens is 376 g/mol. The number of carbonyl (C=O) groups excluding carboxylic acids is 1. The number of nitrogens with one attached hydrogen (secondary N) is 1. The number of methoxy groups -OCH3 is 1. The quantitative estimate of drug-likeness (QED) is 0.449. The van der Waals surface area contributed by atoms with Gasteiger partial charge in [-0.1, -0.05) is 11.8 Å². The minimum atomic E-state index is -0.466. The fourth-order valence-electron chi connectivity index (χ4n) is 2.71. The summed E-state index contributed by atoms with van der Waals surface area (Å²) in [6, 6.07) is 0. The monoisotopic (exact) mass is 396 g/mol. The number of aliphatic imine (C=N–C) groups is 1. The highest BCUT2D eigenvalue weighted by Crippen LogP contribution is 2.27. The summed E-state index contributed by atoms with van der Waals surface area (Å²) in [6.07, 6.45) is 2.22. The van der Waals surface area contributed by atoms with Crippen molar-refractivity contribution in [3.05, 3.63) is 26.6 Å². The lowest BCUT2D eigenvalue weighted by molar-refractivity contribution is 0.0605. The molecule has 26 heavy (non-hydrogen) atoms. The van der Waals surface area contributed by atoms with Crippen LogP contribution in [0, 0.1) is 6.92 Å². The highest BCUT2D eigenvalue weighted by atomic mass is 32.2. The molecule has 140 valence electrons. The van der Waals surface area contributed by atoms with E-state index in [1.165, 1.54) is 18.9 Å². The summed E-state index contributed by atoms with van der Waals surface area (Å²) in [6.45, 7) is 3.05. The van der Waals surface area contributed by atoms with Crippen molar-refractivity contribution >= 4 is 44.5 Å². The summed E-state index contributed by atoms with van der Waals surface area (Å²) >= 11 is 2.46. The van der Waals surface area contributed by atoms with Gasteiger partial charge in [0.2, 0.25) is 0 Å². The van der Waals surface area contributed by atoms with Crippen LogP contribution in [0.2, 0.25) is 0 Å². The van der Waals surface area contributed by atoms with Crippen molar-refractivity contribution in [2.75, 3.05) is 20.3 Å². The number of esters is 1. The van der Waals surface area contributed by atoms with Crippen molar-refractivity contribution in [3.63, 3.8) is 0 Å². The number of aromatic nitrogens is 2. The second kappa shape index (κ2) is 8.19. The predicted octanol–water partition coefficient (Wildman–Crippen LogP) is 1.81. The molecule has 0 saturated carbocycles. The van der Waals surface area contributed by atoms with Crippen LogP contribution in [-0.2, 0) is 15.2 Å². The van der Waals surface area contributed by atoms with Gasteiger partial charge in [-0.3, -0.25) is 9.79 Å². The zero-order valence-electron chi connectivity index (χ0n) is 14.5. The number of rotatable bonds is 5. The first-order valence-corrected chi connectivity index (χ1v) is 9.94. The van der Waals surface area contributed by atoms with Gasteiger partial charge in [-0.2, -0.15) is 0 Å². The Bertz CT molecular complexity index is 900. The smallest absolute Gasteiger partial charge is 0.348 e. The minimum Gasteiger partial charge on any atom is -0.465 e. The molecule has 0 unspecified atom stereocenters. The maximum Gasteiger partial charge on any atom is 0.348 e. The molecule has 0 aromatic carbocycles. The van der Waals surface area contributed by atoms with Gasteiger partial charge in [0.1, 0.15) is 15.5 Å². The lowest BCUT2D eigenvalue weighted by Gasteiger charge is -2.06. The van der Waals surface area contributed by atoms with Crippen LogP contribution in [0.15, 0.2) is 9.79 Å². The Morgan fingerprint density at radius 3 is 3.08 bits per heavy atom. The van der Waals surface area contributed by atoms with E-state index in [4.69, 9.17) is 15.2 Å². The van der Waals surface area contributed by atoms with Crippen LogP contribution in [0.25, 0.3) is 10.2 Å². The van der Waals surface area contributed by atoms with Crippen LogP contribution in [-0.4, -0.2) is 47.5 Å². The van der Waals surface area contributed by atoms with Crippen LogP contribution in [0.1, 0.15) is 33.9 Å². The van der Waals surface area contributed by atoms with E-state index in [0.29, 0.717) is 43.9 Å².